The Labute approximate surface area is 136 Å². The third-order valence-corrected chi connectivity index (χ3v) is 4.46. The van der Waals surface area contributed by atoms with E-state index < -0.39 is 0 Å². The van der Waals surface area contributed by atoms with E-state index in [-0.39, 0.29) is 0 Å². The van der Waals surface area contributed by atoms with Gasteiger partial charge in [0, 0.05) is 30.9 Å². The molecule has 1 aromatic heterocycles. The molecule has 1 saturated heterocycles. The molecule has 4 rings (SSSR count). The highest BCUT2D eigenvalue weighted by atomic mass is 16.6. The van der Waals surface area contributed by atoms with Crippen molar-refractivity contribution in [2.24, 2.45) is 0 Å². The van der Waals surface area contributed by atoms with Crippen LogP contribution >= 0.6 is 0 Å². The summed E-state index contributed by atoms with van der Waals surface area (Å²) in [5, 5.41) is 0. The molecule has 0 spiro atoms. The largest absolute Gasteiger partial charge is 0.486 e. The Hall–Kier alpha value is -2.14. The van der Waals surface area contributed by atoms with Gasteiger partial charge in [0.25, 0.3) is 0 Å². The SMILES string of the molecule is Cc1ccnc(C2CCN(Cc3ccc4c(c3)OCCO4)C2)n1. The van der Waals surface area contributed by atoms with E-state index in [0.29, 0.717) is 19.1 Å². The van der Waals surface area contributed by atoms with Crippen LogP contribution < -0.4 is 9.47 Å². The van der Waals surface area contributed by atoms with Crippen molar-refractivity contribution < 1.29 is 9.47 Å². The normalized spacial score (nSPS) is 20.7. The molecule has 1 unspecified atom stereocenters. The first kappa shape index (κ1) is 14.5. The Morgan fingerprint density at radius 1 is 1.17 bits per heavy atom. The second-order valence-electron chi connectivity index (χ2n) is 6.25. The van der Waals surface area contributed by atoms with Crippen LogP contribution in [0, 0.1) is 6.92 Å². The van der Waals surface area contributed by atoms with Gasteiger partial charge >= 0.3 is 0 Å². The van der Waals surface area contributed by atoms with Crippen LogP contribution in [-0.2, 0) is 6.54 Å². The van der Waals surface area contributed by atoms with Crippen LogP contribution in [0.25, 0.3) is 0 Å². The number of aromatic nitrogens is 2. The average molecular weight is 311 g/mol. The van der Waals surface area contributed by atoms with E-state index in [1.165, 1.54) is 5.56 Å². The summed E-state index contributed by atoms with van der Waals surface area (Å²) in [6.45, 7) is 6.31. The lowest BCUT2D eigenvalue weighted by Crippen LogP contribution is -2.21. The Balaban J connectivity index is 1.42. The molecule has 3 heterocycles. The van der Waals surface area contributed by atoms with Crippen molar-refractivity contribution in [1.29, 1.82) is 0 Å². The van der Waals surface area contributed by atoms with Crippen molar-refractivity contribution >= 4 is 0 Å². The van der Waals surface area contributed by atoms with E-state index >= 15 is 0 Å². The first-order valence-electron chi connectivity index (χ1n) is 8.18. The fraction of sp³-hybridized carbons (Fsp3) is 0.444. The summed E-state index contributed by atoms with van der Waals surface area (Å²) in [6, 6.07) is 8.20. The van der Waals surface area contributed by atoms with Gasteiger partial charge in [-0.15, -0.1) is 0 Å². The maximum absolute atomic E-state index is 5.67. The molecule has 1 fully saturated rings. The van der Waals surface area contributed by atoms with Gasteiger partial charge in [0.05, 0.1) is 0 Å². The number of benzene rings is 1. The minimum absolute atomic E-state index is 0.437. The van der Waals surface area contributed by atoms with Crippen LogP contribution in [0.2, 0.25) is 0 Å². The van der Waals surface area contributed by atoms with Gasteiger partial charge in [-0.25, -0.2) is 9.97 Å². The summed E-state index contributed by atoms with van der Waals surface area (Å²) in [5.74, 6) is 3.14. The number of rotatable bonds is 3. The number of hydrogen-bond donors (Lipinski definition) is 0. The molecular weight excluding hydrogens is 290 g/mol. The van der Waals surface area contributed by atoms with Crippen molar-refractivity contribution in [3.8, 4) is 11.5 Å². The Bertz CT molecular complexity index is 704. The molecule has 0 saturated carbocycles. The number of aryl methyl sites for hydroxylation is 1. The monoisotopic (exact) mass is 311 g/mol. The number of nitrogens with zero attached hydrogens (tertiary/aromatic N) is 3. The summed E-state index contributed by atoms with van der Waals surface area (Å²) in [7, 11) is 0. The summed E-state index contributed by atoms with van der Waals surface area (Å²) >= 11 is 0. The minimum atomic E-state index is 0.437. The summed E-state index contributed by atoms with van der Waals surface area (Å²) in [5.41, 5.74) is 2.31. The number of ether oxygens (including phenoxy) is 2. The molecule has 2 aliphatic heterocycles. The van der Waals surface area contributed by atoms with E-state index in [4.69, 9.17) is 9.47 Å². The molecule has 5 nitrogen and oxygen atoms in total. The lowest BCUT2D eigenvalue weighted by molar-refractivity contribution is 0.171. The van der Waals surface area contributed by atoms with E-state index in [1.807, 2.05) is 25.3 Å². The second kappa shape index (κ2) is 6.16. The number of fused-ring (bicyclic) bond motifs is 1. The Morgan fingerprint density at radius 2 is 2.04 bits per heavy atom. The lowest BCUT2D eigenvalue weighted by Gasteiger charge is -2.20. The first-order chi connectivity index (χ1) is 11.3. The molecule has 2 aliphatic rings. The van der Waals surface area contributed by atoms with Crippen LogP contribution in [-0.4, -0.2) is 41.2 Å². The fourth-order valence-electron chi connectivity index (χ4n) is 3.30. The van der Waals surface area contributed by atoms with Crippen molar-refractivity contribution in [1.82, 2.24) is 14.9 Å². The molecule has 1 aromatic carbocycles. The maximum Gasteiger partial charge on any atom is 0.161 e. The molecule has 0 amide bonds. The molecule has 1 atom stereocenters. The van der Waals surface area contributed by atoms with Gasteiger partial charge in [-0.05, 0) is 43.7 Å². The molecule has 0 radical (unpaired) electrons. The van der Waals surface area contributed by atoms with Gasteiger partial charge in [-0.2, -0.15) is 0 Å². The summed E-state index contributed by atoms with van der Waals surface area (Å²) < 4.78 is 11.2. The maximum atomic E-state index is 5.67. The summed E-state index contributed by atoms with van der Waals surface area (Å²) in [4.78, 5) is 11.5. The first-order valence-corrected chi connectivity index (χ1v) is 8.18. The van der Waals surface area contributed by atoms with Gasteiger partial charge in [0.15, 0.2) is 11.5 Å². The summed E-state index contributed by atoms with van der Waals surface area (Å²) in [6.07, 6.45) is 2.98. The zero-order valence-corrected chi connectivity index (χ0v) is 13.4. The third kappa shape index (κ3) is 3.15. The number of hydrogen-bond acceptors (Lipinski definition) is 5. The third-order valence-electron chi connectivity index (χ3n) is 4.46. The smallest absolute Gasteiger partial charge is 0.161 e. The van der Waals surface area contributed by atoms with Gasteiger partial charge in [-0.1, -0.05) is 6.07 Å². The Morgan fingerprint density at radius 3 is 2.91 bits per heavy atom. The van der Waals surface area contributed by atoms with Crippen molar-refractivity contribution in [2.45, 2.75) is 25.8 Å². The molecule has 2 aromatic rings. The van der Waals surface area contributed by atoms with Crippen LogP contribution in [0.4, 0.5) is 0 Å². The lowest BCUT2D eigenvalue weighted by atomic mass is 10.1. The molecule has 120 valence electrons. The molecule has 0 bridgehead atoms. The van der Waals surface area contributed by atoms with Gasteiger partial charge in [0.2, 0.25) is 0 Å². The van der Waals surface area contributed by atoms with Crippen LogP contribution in [0.5, 0.6) is 11.5 Å². The highest BCUT2D eigenvalue weighted by Crippen LogP contribution is 2.32. The van der Waals surface area contributed by atoms with E-state index in [1.54, 1.807) is 0 Å². The topological polar surface area (TPSA) is 47.5 Å². The van der Waals surface area contributed by atoms with Crippen molar-refractivity contribution in [3.63, 3.8) is 0 Å². The van der Waals surface area contributed by atoms with E-state index in [2.05, 4.69) is 27.0 Å². The van der Waals surface area contributed by atoms with E-state index in [0.717, 1.165) is 49.1 Å². The zero-order chi connectivity index (χ0) is 15.6. The second-order valence-corrected chi connectivity index (χ2v) is 6.25. The fourth-order valence-corrected chi connectivity index (χ4v) is 3.30. The van der Waals surface area contributed by atoms with Gasteiger partial charge in [0.1, 0.15) is 19.0 Å². The standard InChI is InChI=1S/C18H21N3O2/c1-13-4-6-19-18(20-13)15-5-7-21(12-15)11-14-2-3-16-17(10-14)23-9-8-22-16/h2-4,6,10,15H,5,7-9,11-12H2,1H3. The molecule has 0 aliphatic carbocycles. The van der Waals surface area contributed by atoms with Crippen molar-refractivity contribution in [2.75, 3.05) is 26.3 Å². The average Bonchev–Trinajstić information content (AvgIpc) is 3.03. The predicted octanol–water partition coefficient (Wildman–Crippen LogP) is 2.55. The highest BCUT2D eigenvalue weighted by Gasteiger charge is 2.26. The molecule has 0 N–H and O–H groups in total. The molecule has 23 heavy (non-hydrogen) atoms. The van der Waals surface area contributed by atoms with Crippen LogP contribution in [0.15, 0.2) is 30.5 Å². The van der Waals surface area contributed by atoms with E-state index in [9.17, 15) is 0 Å². The zero-order valence-electron chi connectivity index (χ0n) is 13.4. The quantitative estimate of drug-likeness (QED) is 0.872. The van der Waals surface area contributed by atoms with Crippen molar-refractivity contribution in [3.05, 3.63) is 47.5 Å². The van der Waals surface area contributed by atoms with Crippen LogP contribution in [0.1, 0.15) is 29.4 Å². The van der Waals surface area contributed by atoms with Gasteiger partial charge in [-0.3, -0.25) is 4.90 Å². The molecule has 5 heteroatoms. The predicted molar refractivity (Wildman–Crippen MR) is 86.8 cm³/mol. The number of likely N-dealkylation sites (tertiary alicyclic amines) is 1. The highest BCUT2D eigenvalue weighted by molar-refractivity contribution is 5.43. The Kier molecular flexibility index (Phi) is 3.87. The van der Waals surface area contributed by atoms with Gasteiger partial charge < -0.3 is 9.47 Å². The molecular formula is C18H21N3O2. The minimum Gasteiger partial charge on any atom is -0.486 e. The van der Waals surface area contributed by atoms with Crippen LogP contribution in [0.3, 0.4) is 0 Å².